The van der Waals surface area contributed by atoms with Gasteiger partial charge in [0.15, 0.2) is 0 Å². The summed E-state index contributed by atoms with van der Waals surface area (Å²) in [5.41, 5.74) is 11.5. The highest BCUT2D eigenvalue weighted by atomic mass is 14.8. The third-order valence-electron chi connectivity index (χ3n) is 5.68. The number of aliphatic imine (C=N–C) groups is 1. The smallest absolute Gasteiger partial charge is 0.0856 e. The first-order valence-electron chi connectivity index (χ1n) is 11.1. The molecule has 0 aromatic carbocycles. The van der Waals surface area contributed by atoms with Crippen LogP contribution in [0.2, 0.25) is 0 Å². The number of nitrogens with two attached hydrogens (primary N) is 1. The van der Waals surface area contributed by atoms with Crippen LogP contribution in [0.3, 0.4) is 0 Å². The largest absolute Gasteiger partial charge is 0.390 e. The van der Waals surface area contributed by atoms with Crippen molar-refractivity contribution in [3.63, 3.8) is 0 Å². The Balaban J connectivity index is 2.76. The number of nitrogens with zero attached hydrogens (tertiary/aromatic N) is 1. The van der Waals surface area contributed by atoms with Crippen molar-refractivity contribution in [2.75, 3.05) is 0 Å². The van der Waals surface area contributed by atoms with Crippen molar-refractivity contribution in [1.82, 2.24) is 0 Å². The van der Waals surface area contributed by atoms with Gasteiger partial charge < -0.3 is 5.73 Å². The maximum Gasteiger partial charge on any atom is 0.0856 e. The Hall–Kier alpha value is -2.87. The van der Waals surface area contributed by atoms with Crippen LogP contribution < -0.4 is 5.73 Å². The Labute approximate surface area is 190 Å². The van der Waals surface area contributed by atoms with Crippen molar-refractivity contribution in [2.45, 2.75) is 52.9 Å². The van der Waals surface area contributed by atoms with Crippen LogP contribution in [0.25, 0.3) is 0 Å². The molecule has 2 unspecified atom stereocenters. The van der Waals surface area contributed by atoms with Gasteiger partial charge in [-0.15, -0.1) is 6.58 Å². The first-order chi connectivity index (χ1) is 14.9. The molecule has 31 heavy (non-hydrogen) atoms. The lowest BCUT2D eigenvalue weighted by Crippen LogP contribution is -2.10. The monoisotopic (exact) mass is 416 g/mol. The van der Waals surface area contributed by atoms with E-state index in [0.717, 1.165) is 37.0 Å². The van der Waals surface area contributed by atoms with Crippen LogP contribution in [0.1, 0.15) is 52.9 Å². The Morgan fingerprint density at radius 2 is 1.74 bits per heavy atom. The Morgan fingerprint density at radius 3 is 2.32 bits per heavy atom. The predicted octanol–water partition coefficient (Wildman–Crippen LogP) is 7.93. The molecule has 0 saturated carbocycles. The molecule has 1 aliphatic rings. The summed E-state index contributed by atoms with van der Waals surface area (Å²) in [5, 5.41) is 0. The third kappa shape index (κ3) is 10.1. The Kier molecular flexibility index (Phi) is 12.7. The zero-order chi connectivity index (χ0) is 23.1. The van der Waals surface area contributed by atoms with E-state index >= 15 is 0 Å². The van der Waals surface area contributed by atoms with E-state index in [-0.39, 0.29) is 0 Å². The van der Waals surface area contributed by atoms with E-state index in [1.165, 1.54) is 29.5 Å². The van der Waals surface area contributed by atoms with E-state index in [0.29, 0.717) is 11.8 Å². The molecular formula is C29H40N2. The highest BCUT2D eigenvalue weighted by Gasteiger charge is 2.17. The molecule has 2 atom stereocenters. The normalized spacial score (nSPS) is 21.5. The van der Waals surface area contributed by atoms with Crippen molar-refractivity contribution in [2.24, 2.45) is 22.6 Å². The topological polar surface area (TPSA) is 38.4 Å². The highest BCUT2D eigenvalue weighted by Crippen LogP contribution is 2.30. The number of hydrogen-bond acceptors (Lipinski definition) is 1. The standard InChI is InChI=1S/C29H40N2/c1-7-11-27-17-19-28(20-18-27)29(31-22-30)21-14-23(4)12-10-13-26(9-3)16-15-25(6)24(5)8-2/h7-9,12-13,15-17,19,21-22,27-28H,1-3,10-11,14,18,20H2,4-6H3,(H2,30,31)/b16-15+,23-12+,25-24-,26-13+,29-21-. The van der Waals surface area contributed by atoms with E-state index in [2.05, 4.69) is 88.0 Å². The average Bonchev–Trinajstić information content (AvgIpc) is 2.78. The predicted molar refractivity (Wildman–Crippen MR) is 140 cm³/mol. The third-order valence-corrected chi connectivity index (χ3v) is 5.68. The summed E-state index contributed by atoms with van der Waals surface area (Å²) in [4.78, 5) is 4.44. The molecule has 2 heteroatoms. The molecule has 0 saturated heterocycles. The fourth-order valence-electron chi connectivity index (χ4n) is 3.40. The minimum Gasteiger partial charge on any atom is -0.390 e. The lowest BCUT2D eigenvalue weighted by Gasteiger charge is -2.22. The molecule has 0 radical (unpaired) electrons. The van der Waals surface area contributed by atoms with Crippen LogP contribution >= 0.6 is 0 Å². The zero-order valence-corrected chi connectivity index (χ0v) is 19.7. The van der Waals surface area contributed by atoms with Crippen molar-refractivity contribution < 1.29 is 0 Å². The fraction of sp³-hybridized carbons (Fsp3) is 0.345. The van der Waals surface area contributed by atoms with Gasteiger partial charge in [0.25, 0.3) is 0 Å². The molecule has 0 aliphatic heterocycles. The highest BCUT2D eigenvalue weighted by molar-refractivity contribution is 5.53. The van der Waals surface area contributed by atoms with Gasteiger partial charge in [0.05, 0.1) is 6.34 Å². The molecule has 166 valence electrons. The van der Waals surface area contributed by atoms with Crippen molar-refractivity contribution in [1.29, 1.82) is 0 Å². The summed E-state index contributed by atoms with van der Waals surface area (Å²) in [6, 6.07) is 0. The number of rotatable bonds is 12. The van der Waals surface area contributed by atoms with Crippen LogP contribution in [0.15, 0.2) is 113 Å². The van der Waals surface area contributed by atoms with E-state index in [9.17, 15) is 0 Å². The van der Waals surface area contributed by atoms with Crippen molar-refractivity contribution in [3.8, 4) is 0 Å². The van der Waals surface area contributed by atoms with E-state index in [1.54, 1.807) is 0 Å². The summed E-state index contributed by atoms with van der Waals surface area (Å²) >= 11 is 0. The van der Waals surface area contributed by atoms with Gasteiger partial charge >= 0.3 is 0 Å². The molecule has 0 aromatic rings. The number of hydrogen-bond donors (Lipinski definition) is 1. The second-order valence-corrected chi connectivity index (χ2v) is 8.06. The van der Waals surface area contributed by atoms with Crippen LogP contribution in [0, 0.1) is 11.8 Å². The van der Waals surface area contributed by atoms with Gasteiger partial charge in [-0.2, -0.15) is 0 Å². The molecule has 0 bridgehead atoms. The molecule has 0 heterocycles. The van der Waals surface area contributed by atoms with Gasteiger partial charge in [-0.3, -0.25) is 0 Å². The summed E-state index contributed by atoms with van der Waals surface area (Å²) in [7, 11) is 0. The van der Waals surface area contributed by atoms with Crippen LogP contribution in [-0.2, 0) is 0 Å². The van der Waals surface area contributed by atoms with Gasteiger partial charge in [0.2, 0.25) is 0 Å². The average molecular weight is 417 g/mol. The van der Waals surface area contributed by atoms with E-state index < -0.39 is 0 Å². The van der Waals surface area contributed by atoms with Gasteiger partial charge in [-0.25, -0.2) is 4.99 Å². The van der Waals surface area contributed by atoms with E-state index in [4.69, 9.17) is 5.73 Å². The molecule has 1 rings (SSSR count). The SMILES string of the molecule is C=CCC1C=CC(/C(=C/C/C(C)=C/C/C=C(C=C)/C=C/C(C)=C(/C)C=C)N=CN)CC1. The maximum atomic E-state index is 5.61. The molecular weight excluding hydrogens is 376 g/mol. The van der Waals surface area contributed by atoms with Crippen LogP contribution in [0.5, 0.6) is 0 Å². The zero-order valence-electron chi connectivity index (χ0n) is 19.7. The molecule has 0 spiro atoms. The number of allylic oxidation sites excluding steroid dienone is 14. The summed E-state index contributed by atoms with van der Waals surface area (Å²) in [6.07, 6.45) is 27.7. The second kappa shape index (κ2) is 15.0. The molecule has 1 aliphatic carbocycles. The lowest BCUT2D eigenvalue weighted by atomic mass is 9.85. The lowest BCUT2D eigenvalue weighted by molar-refractivity contribution is 0.489. The Morgan fingerprint density at radius 1 is 0.968 bits per heavy atom. The van der Waals surface area contributed by atoms with Crippen LogP contribution in [0.4, 0.5) is 0 Å². The van der Waals surface area contributed by atoms with Crippen molar-refractivity contribution in [3.05, 3.63) is 108 Å². The molecule has 0 amide bonds. The molecule has 2 nitrogen and oxygen atoms in total. The summed E-state index contributed by atoms with van der Waals surface area (Å²) in [5.74, 6) is 0.958. The first kappa shape index (κ1) is 26.2. The van der Waals surface area contributed by atoms with Crippen molar-refractivity contribution >= 4 is 6.34 Å². The van der Waals surface area contributed by atoms with Gasteiger partial charge in [-0.05, 0) is 75.5 Å². The first-order valence-corrected chi connectivity index (χ1v) is 11.1. The molecule has 2 N–H and O–H groups in total. The molecule has 0 fully saturated rings. The Bertz CT molecular complexity index is 825. The minimum atomic E-state index is 0.349. The minimum absolute atomic E-state index is 0.349. The van der Waals surface area contributed by atoms with E-state index in [1.807, 2.05) is 18.2 Å². The summed E-state index contributed by atoms with van der Waals surface area (Å²) < 4.78 is 0. The summed E-state index contributed by atoms with van der Waals surface area (Å²) in [6.45, 7) is 17.9. The van der Waals surface area contributed by atoms with Gasteiger partial charge in [0.1, 0.15) is 0 Å². The van der Waals surface area contributed by atoms with Gasteiger partial charge in [0, 0.05) is 11.6 Å². The fourth-order valence-corrected chi connectivity index (χ4v) is 3.40. The van der Waals surface area contributed by atoms with Crippen LogP contribution in [-0.4, -0.2) is 6.34 Å². The molecule has 0 aromatic heterocycles. The second-order valence-electron chi connectivity index (χ2n) is 8.06. The quantitative estimate of drug-likeness (QED) is 0.149. The maximum absolute atomic E-state index is 5.61. The van der Waals surface area contributed by atoms with Gasteiger partial charge in [-0.1, -0.05) is 79.5 Å².